The van der Waals surface area contributed by atoms with Crippen LogP contribution in [0.5, 0.6) is 0 Å². The Morgan fingerprint density at radius 1 is 0.339 bits per heavy atom. The van der Waals surface area contributed by atoms with E-state index in [9.17, 15) is 0 Å². The monoisotopic (exact) mass is 807 g/mol. The molecule has 0 saturated heterocycles. The third-order valence-electron chi connectivity index (χ3n) is 13.2. The molecule has 0 radical (unpaired) electrons. The molecule has 1 aliphatic rings. The van der Waals surface area contributed by atoms with Crippen molar-refractivity contribution in [2.24, 2.45) is 0 Å². The number of hydrogen-bond donors (Lipinski definition) is 0. The molecule has 11 aromatic rings. The van der Waals surface area contributed by atoms with Crippen LogP contribution in [0, 0.1) is 0 Å². The summed E-state index contributed by atoms with van der Waals surface area (Å²) in [7, 11) is 0. The first-order valence-electron chi connectivity index (χ1n) is 21.4. The second kappa shape index (κ2) is 14.6. The Balaban J connectivity index is 0.916. The maximum Gasteiger partial charge on any atom is 0.0462 e. The van der Waals surface area contributed by atoms with Gasteiger partial charge in [0.25, 0.3) is 0 Å². The van der Waals surface area contributed by atoms with Gasteiger partial charge in [-0.25, -0.2) is 0 Å². The highest BCUT2D eigenvalue weighted by Gasteiger charge is 2.40. The van der Waals surface area contributed by atoms with Crippen molar-refractivity contribution in [3.05, 3.63) is 247 Å². The highest BCUT2D eigenvalue weighted by atomic mass is 32.1. The maximum absolute atomic E-state index is 2.43. The predicted octanol–water partition coefficient (Wildman–Crippen LogP) is 17.0. The van der Waals surface area contributed by atoms with E-state index in [1.807, 2.05) is 11.3 Å². The summed E-state index contributed by atoms with van der Waals surface area (Å²) in [5.74, 6) is 0. The fourth-order valence-corrected chi connectivity index (χ4v) is 11.0. The molecule has 2 heteroatoms. The molecule has 1 nitrogen and oxygen atoms in total. The number of fused-ring (bicyclic) bond motifs is 7. The van der Waals surface area contributed by atoms with Gasteiger partial charge in [-0.05, 0) is 140 Å². The van der Waals surface area contributed by atoms with Crippen molar-refractivity contribution in [1.29, 1.82) is 0 Å². The Morgan fingerprint density at radius 3 is 1.55 bits per heavy atom. The van der Waals surface area contributed by atoms with Gasteiger partial charge in [-0.1, -0.05) is 170 Å². The minimum Gasteiger partial charge on any atom is -0.311 e. The van der Waals surface area contributed by atoms with Gasteiger partial charge in [0.05, 0.1) is 0 Å². The van der Waals surface area contributed by atoms with E-state index in [0.29, 0.717) is 0 Å². The maximum atomic E-state index is 2.43. The quantitative estimate of drug-likeness (QED) is 0.155. The van der Waals surface area contributed by atoms with Crippen LogP contribution in [-0.4, -0.2) is 0 Å². The number of rotatable bonds is 7. The van der Waals surface area contributed by atoms with Gasteiger partial charge in [-0.15, -0.1) is 11.3 Å². The summed E-state index contributed by atoms with van der Waals surface area (Å²) in [6.45, 7) is 2.39. The van der Waals surface area contributed by atoms with Crippen LogP contribution in [0.3, 0.4) is 0 Å². The topological polar surface area (TPSA) is 3.24 Å². The summed E-state index contributed by atoms with van der Waals surface area (Å²) in [6.07, 6.45) is 0. The number of anilines is 3. The molecular formula is C60H41NS. The van der Waals surface area contributed by atoms with E-state index >= 15 is 0 Å². The van der Waals surface area contributed by atoms with Crippen LogP contribution in [0.25, 0.3) is 75.5 Å². The molecular weight excluding hydrogens is 767 g/mol. The van der Waals surface area contributed by atoms with Crippen LogP contribution in [0.15, 0.2) is 231 Å². The molecule has 0 fully saturated rings. The molecule has 1 unspecified atom stereocenters. The first-order chi connectivity index (χ1) is 30.6. The molecule has 0 saturated carbocycles. The number of thiophene rings is 1. The van der Waals surface area contributed by atoms with Crippen LogP contribution in [0.2, 0.25) is 0 Å². The van der Waals surface area contributed by atoms with Crippen molar-refractivity contribution in [2.75, 3.05) is 4.90 Å². The SMILES string of the molecule is CC1(c2ccccc2)c2ccccc2-c2ccc(-c3ccc(N(c4ccc(-c5ccc6ccccc6c5)cc4)c4ccc(-c5ccc6c(c5)sc5ccccc56)cc4)cc3)cc21. The molecule has 62 heavy (non-hydrogen) atoms. The minimum absolute atomic E-state index is 0.241. The lowest BCUT2D eigenvalue weighted by Gasteiger charge is -2.28. The molecule has 1 aliphatic carbocycles. The van der Waals surface area contributed by atoms with Gasteiger partial charge in [0.1, 0.15) is 0 Å². The third-order valence-corrected chi connectivity index (χ3v) is 14.3. The van der Waals surface area contributed by atoms with Crippen molar-refractivity contribution in [3.63, 3.8) is 0 Å². The number of hydrogen-bond acceptors (Lipinski definition) is 2. The van der Waals surface area contributed by atoms with E-state index in [1.165, 1.54) is 92.1 Å². The largest absolute Gasteiger partial charge is 0.311 e. The second-order valence-electron chi connectivity index (χ2n) is 16.6. The molecule has 0 amide bonds. The zero-order valence-electron chi connectivity index (χ0n) is 34.3. The van der Waals surface area contributed by atoms with Crippen LogP contribution in [0.1, 0.15) is 23.6 Å². The van der Waals surface area contributed by atoms with Gasteiger partial charge < -0.3 is 4.90 Å². The Hall–Kier alpha value is -7.52. The molecule has 1 atom stereocenters. The Labute approximate surface area is 366 Å². The molecule has 0 aliphatic heterocycles. The summed E-state index contributed by atoms with van der Waals surface area (Å²) in [5.41, 5.74) is 17.0. The van der Waals surface area contributed by atoms with Gasteiger partial charge in [0.15, 0.2) is 0 Å². The van der Waals surface area contributed by atoms with Crippen molar-refractivity contribution in [1.82, 2.24) is 0 Å². The third kappa shape index (κ3) is 5.98. The van der Waals surface area contributed by atoms with Crippen molar-refractivity contribution < 1.29 is 0 Å². The van der Waals surface area contributed by atoms with Gasteiger partial charge >= 0.3 is 0 Å². The standard InChI is InChI=1S/C60H41NS/c1-60(48-13-3-2-4-14-48)56-17-9-7-15-52(56)53-35-27-46(38-57(53)60)42-23-31-50(32-24-42)61(49-29-21-41(22-30-49)45-20-19-40-11-5-6-12-44(40)37-45)51-33-25-43(26-34-51)47-28-36-55-54-16-8-10-18-58(54)62-59(55)39-47/h2-39H,1H3. The second-order valence-corrected chi connectivity index (χ2v) is 17.7. The Kier molecular flexibility index (Phi) is 8.55. The lowest BCUT2D eigenvalue weighted by Crippen LogP contribution is -2.22. The van der Waals surface area contributed by atoms with E-state index in [-0.39, 0.29) is 5.41 Å². The Bertz CT molecular complexity index is 3450. The van der Waals surface area contributed by atoms with Gasteiger partial charge in [0, 0.05) is 42.6 Å². The van der Waals surface area contributed by atoms with Crippen molar-refractivity contribution >= 4 is 59.3 Å². The molecule has 0 spiro atoms. The summed E-state index contributed by atoms with van der Waals surface area (Å²) in [6, 6.07) is 85.0. The lowest BCUT2D eigenvalue weighted by molar-refractivity contribution is 0.714. The van der Waals surface area contributed by atoms with E-state index in [0.717, 1.165) is 17.1 Å². The summed E-state index contributed by atoms with van der Waals surface area (Å²) in [5, 5.41) is 5.16. The molecule has 292 valence electrons. The minimum atomic E-state index is -0.241. The van der Waals surface area contributed by atoms with Crippen molar-refractivity contribution in [3.8, 4) is 44.5 Å². The Morgan fingerprint density at radius 2 is 0.839 bits per heavy atom. The highest BCUT2D eigenvalue weighted by molar-refractivity contribution is 7.25. The van der Waals surface area contributed by atoms with E-state index in [2.05, 4.69) is 242 Å². The fraction of sp³-hybridized carbons (Fsp3) is 0.0333. The first kappa shape index (κ1) is 36.3. The van der Waals surface area contributed by atoms with Crippen LogP contribution < -0.4 is 4.90 Å². The summed E-state index contributed by atoms with van der Waals surface area (Å²) in [4.78, 5) is 2.37. The zero-order valence-corrected chi connectivity index (χ0v) is 35.1. The molecule has 12 rings (SSSR count). The normalized spacial score (nSPS) is 14.3. The molecule has 10 aromatic carbocycles. The molecule has 1 aromatic heterocycles. The van der Waals surface area contributed by atoms with Crippen LogP contribution in [0.4, 0.5) is 17.1 Å². The zero-order chi connectivity index (χ0) is 41.2. The molecule has 1 heterocycles. The van der Waals surface area contributed by atoms with E-state index in [4.69, 9.17) is 0 Å². The first-order valence-corrected chi connectivity index (χ1v) is 22.2. The molecule has 0 N–H and O–H groups in total. The lowest BCUT2D eigenvalue weighted by atomic mass is 9.74. The summed E-state index contributed by atoms with van der Waals surface area (Å²) >= 11 is 1.87. The fourth-order valence-electron chi connectivity index (χ4n) is 9.88. The highest BCUT2D eigenvalue weighted by Crippen LogP contribution is 2.53. The molecule has 0 bridgehead atoms. The smallest absolute Gasteiger partial charge is 0.0462 e. The van der Waals surface area contributed by atoms with Crippen molar-refractivity contribution in [2.45, 2.75) is 12.3 Å². The average Bonchev–Trinajstić information content (AvgIpc) is 3.84. The number of benzene rings is 10. The van der Waals surface area contributed by atoms with E-state index < -0.39 is 0 Å². The van der Waals surface area contributed by atoms with Gasteiger partial charge in [0.2, 0.25) is 0 Å². The summed E-state index contributed by atoms with van der Waals surface area (Å²) < 4.78 is 2.65. The predicted molar refractivity (Wildman–Crippen MR) is 265 cm³/mol. The van der Waals surface area contributed by atoms with Gasteiger partial charge in [-0.3, -0.25) is 0 Å². The van der Waals surface area contributed by atoms with Gasteiger partial charge in [-0.2, -0.15) is 0 Å². The van der Waals surface area contributed by atoms with Crippen LogP contribution >= 0.6 is 11.3 Å². The number of nitrogens with zero attached hydrogens (tertiary/aromatic N) is 1. The average molecular weight is 808 g/mol. The van der Waals surface area contributed by atoms with E-state index in [1.54, 1.807) is 0 Å². The van der Waals surface area contributed by atoms with Crippen LogP contribution in [-0.2, 0) is 5.41 Å².